The van der Waals surface area contributed by atoms with Crippen LogP contribution in [0.5, 0.6) is 0 Å². The van der Waals surface area contributed by atoms with Crippen molar-refractivity contribution in [1.29, 1.82) is 0 Å². The first-order valence-corrected chi connectivity index (χ1v) is 4.83. The van der Waals surface area contributed by atoms with Crippen LogP contribution in [-0.4, -0.2) is 38.1 Å². The maximum Gasteiger partial charge on any atom is 0.0132 e. The summed E-state index contributed by atoms with van der Waals surface area (Å²) in [6, 6.07) is 0. The lowest BCUT2D eigenvalue weighted by Gasteiger charge is -2.29. The van der Waals surface area contributed by atoms with Crippen LogP contribution in [0.25, 0.3) is 0 Å². The summed E-state index contributed by atoms with van der Waals surface area (Å²) in [5, 5.41) is 3.38. The van der Waals surface area contributed by atoms with E-state index in [1.165, 1.54) is 25.9 Å². The molecule has 1 rings (SSSR count). The summed E-state index contributed by atoms with van der Waals surface area (Å²) >= 11 is 0. The highest BCUT2D eigenvalue weighted by Gasteiger charge is 2.15. The van der Waals surface area contributed by atoms with Crippen LogP contribution in [-0.2, 0) is 0 Å². The van der Waals surface area contributed by atoms with E-state index in [9.17, 15) is 0 Å². The SMILES string of the molecule is C=CCNCC1CCCN(C)C1. The Balaban J connectivity index is 2.09. The summed E-state index contributed by atoms with van der Waals surface area (Å²) in [7, 11) is 2.21. The molecular weight excluding hydrogens is 148 g/mol. The van der Waals surface area contributed by atoms with Crippen LogP contribution in [0, 0.1) is 5.92 Å². The first-order chi connectivity index (χ1) is 5.83. The zero-order valence-electron chi connectivity index (χ0n) is 8.05. The molecule has 0 amide bonds. The van der Waals surface area contributed by atoms with Gasteiger partial charge in [-0.2, -0.15) is 0 Å². The molecule has 70 valence electrons. The van der Waals surface area contributed by atoms with E-state index in [-0.39, 0.29) is 0 Å². The zero-order valence-corrected chi connectivity index (χ0v) is 8.05. The average molecular weight is 168 g/mol. The lowest BCUT2D eigenvalue weighted by atomic mass is 9.98. The molecule has 1 aliphatic heterocycles. The minimum absolute atomic E-state index is 0.851. The summed E-state index contributed by atoms with van der Waals surface area (Å²) < 4.78 is 0. The second-order valence-electron chi connectivity index (χ2n) is 3.72. The number of piperidine rings is 1. The fourth-order valence-corrected chi connectivity index (χ4v) is 1.83. The van der Waals surface area contributed by atoms with E-state index in [1.54, 1.807) is 0 Å². The number of nitrogens with one attached hydrogen (secondary N) is 1. The predicted molar refractivity (Wildman–Crippen MR) is 53.3 cm³/mol. The van der Waals surface area contributed by atoms with Crippen molar-refractivity contribution in [2.75, 3.05) is 33.2 Å². The standard InChI is InChI=1S/C10H20N2/c1-3-6-11-8-10-5-4-7-12(2)9-10/h3,10-11H,1,4-9H2,2H3. The maximum atomic E-state index is 3.69. The molecule has 12 heavy (non-hydrogen) atoms. The molecule has 1 fully saturated rings. The van der Waals surface area contributed by atoms with Gasteiger partial charge in [0, 0.05) is 13.1 Å². The van der Waals surface area contributed by atoms with E-state index in [0.29, 0.717) is 0 Å². The van der Waals surface area contributed by atoms with Crippen LogP contribution in [0.15, 0.2) is 12.7 Å². The quantitative estimate of drug-likeness (QED) is 0.499. The molecule has 2 heteroatoms. The van der Waals surface area contributed by atoms with Gasteiger partial charge in [0.2, 0.25) is 0 Å². The summed E-state index contributed by atoms with van der Waals surface area (Å²) in [5.41, 5.74) is 0. The third-order valence-corrected chi connectivity index (χ3v) is 2.44. The van der Waals surface area contributed by atoms with Crippen LogP contribution in [0.2, 0.25) is 0 Å². The van der Waals surface area contributed by atoms with E-state index >= 15 is 0 Å². The first-order valence-electron chi connectivity index (χ1n) is 4.83. The van der Waals surface area contributed by atoms with Gasteiger partial charge in [-0.15, -0.1) is 6.58 Å². The van der Waals surface area contributed by atoms with Crippen molar-refractivity contribution in [3.63, 3.8) is 0 Å². The van der Waals surface area contributed by atoms with E-state index in [2.05, 4.69) is 23.8 Å². The molecule has 1 N–H and O–H groups in total. The van der Waals surface area contributed by atoms with Crippen LogP contribution in [0.1, 0.15) is 12.8 Å². The molecule has 0 spiro atoms. The second kappa shape index (κ2) is 5.33. The minimum atomic E-state index is 0.851. The van der Waals surface area contributed by atoms with E-state index in [1.807, 2.05) is 6.08 Å². The Hall–Kier alpha value is -0.340. The molecule has 0 aromatic rings. The van der Waals surface area contributed by atoms with Crippen LogP contribution < -0.4 is 5.32 Å². The van der Waals surface area contributed by atoms with Crippen molar-refractivity contribution in [2.24, 2.45) is 5.92 Å². The Bertz CT molecular complexity index is 134. The number of hydrogen-bond acceptors (Lipinski definition) is 2. The smallest absolute Gasteiger partial charge is 0.0132 e. The van der Waals surface area contributed by atoms with Crippen molar-refractivity contribution >= 4 is 0 Å². The van der Waals surface area contributed by atoms with Gasteiger partial charge in [-0.05, 0) is 38.9 Å². The maximum absolute atomic E-state index is 3.69. The van der Waals surface area contributed by atoms with Gasteiger partial charge in [0.15, 0.2) is 0 Å². The molecular formula is C10H20N2. The molecule has 1 saturated heterocycles. The van der Waals surface area contributed by atoms with Gasteiger partial charge in [-0.3, -0.25) is 0 Å². The van der Waals surface area contributed by atoms with Crippen LogP contribution >= 0.6 is 0 Å². The fourth-order valence-electron chi connectivity index (χ4n) is 1.83. The van der Waals surface area contributed by atoms with E-state index in [4.69, 9.17) is 0 Å². The second-order valence-corrected chi connectivity index (χ2v) is 3.72. The Morgan fingerprint density at radius 3 is 3.17 bits per heavy atom. The van der Waals surface area contributed by atoms with Gasteiger partial charge < -0.3 is 10.2 Å². The van der Waals surface area contributed by atoms with Crippen molar-refractivity contribution in [3.05, 3.63) is 12.7 Å². The number of likely N-dealkylation sites (tertiary alicyclic amines) is 1. The molecule has 1 atom stereocenters. The highest BCUT2D eigenvalue weighted by Crippen LogP contribution is 2.13. The summed E-state index contributed by atoms with van der Waals surface area (Å²) in [6.07, 6.45) is 4.66. The summed E-state index contributed by atoms with van der Waals surface area (Å²) in [5.74, 6) is 0.851. The highest BCUT2D eigenvalue weighted by molar-refractivity contribution is 4.75. The normalized spacial score (nSPS) is 25.6. The Morgan fingerprint density at radius 1 is 1.67 bits per heavy atom. The summed E-state index contributed by atoms with van der Waals surface area (Å²) in [6.45, 7) is 8.31. The minimum Gasteiger partial charge on any atom is -0.313 e. The van der Waals surface area contributed by atoms with Gasteiger partial charge in [0.05, 0.1) is 0 Å². The molecule has 2 nitrogen and oxygen atoms in total. The van der Waals surface area contributed by atoms with Gasteiger partial charge in [-0.25, -0.2) is 0 Å². The topological polar surface area (TPSA) is 15.3 Å². The Kier molecular flexibility index (Phi) is 4.33. The van der Waals surface area contributed by atoms with Gasteiger partial charge in [-0.1, -0.05) is 6.08 Å². The average Bonchev–Trinajstić information content (AvgIpc) is 2.05. The molecule has 0 saturated carbocycles. The third kappa shape index (κ3) is 3.37. The summed E-state index contributed by atoms with van der Waals surface area (Å²) in [4.78, 5) is 2.42. The van der Waals surface area contributed by atoms with Crippen molar-refractivity contribution in [3.8, 4) is 0 Å². The molecule has 0 aromatic carbocycles. The van der Waals surface area contributed by atoms with Gasteiger partial charge in [0.25, 0.3) is 0 Å². The molecule has 1 unspecified atom stereocenters. The fraction of sp³-hybridized carbons (Fsp3) is 0.800. The molecule has 1 heterocycles. The molecule has 0 bridgehead atoms. The molecule has 0 aliphatic carbocycles. The van der Waals surface area contributed by atoms with Crippen molar-refractivity contribution in [1.82, 2.24) is 10.2 Å². The Labute approximate surface area is 75.6 Å². The monoisotopic (exact) mass is 168 g/mol. The van der Waals surface area contributed by atoms with Gasteiger partial charge in [0.1, 0.15) is 0 Å². The van der Waals surface area contributed by atoms with Crippen LogP contribution in [0.4, 0.5) is 0 Å². The molecule has 1 aliphatic rings. The molecule has 0 aromatic heterocycles. The lowest BCUT2D eigenvalue weighted by molar-refractivity contribution is 0.207. The predicted octanol–water partition coefficient (Wildman–Crippen LogP) is 1.10. The first kappa shape index (κ1) is 9.75. The van der Waals surface area contributed by atoms with Crippen molar-refractivity contribution < 1.29 is 0 Å². The molecule has 0 radical (unpaired) electrons. The highest BCUT2D eigenvalue weighted by atomic mass is 15.1. The number of rotatable bonds is 4. The van der Waals surface area contributed by atoms with Gasteiger partial charge >= 0.3 is 0 Å². The van der Waals surface area contributed by atoms with Crippen LogP contribution in [0.3, 0.4) is 0 Å². The lowest BCUT2D eigenvalue weighted by Crippen LogP contribution is -2.37. The Morgan fingerprint density at radius 2 is 2.50 bits per heavy atom. The third-order valence-electron chi connectivity index (χ3n) is 2.44. The zero-order chi connectivity index (χ0) is 8.81. The number of hydrogen-bond donors (Lipinski definition) is 1. The number of nitrogens with zero attached hydrogens (tertiary/aromatic N) is 1. The van der Waals surface area contributed by atoms with Crippen molar-refractivity contribution in [2.45, 2.75) is 12.8 Å². The van der Waals surface area contributed by atoms with E-state index < -0.39 is 0 Å². The largest absolute Gasteiger partial charge is 0.313 e. The van der Waals surface area contributed by atoms with E-state index in [0.717, 1.165) is 19.0 Å².